The van der Waals surface area contributed by atoms with Gasteiger partial charge in [-0.05, 0) is 39.5 Å². The Bertz CT molecular complexity index is 968. The number of thiazole rings is 1. The van der Waals surface area contributed by atoms with Gasteiger partial charge in [-0.3, -0.25) is 19.4 Å². The van der Waals surface area contributed by atoms with Crippen molar-refractivity contribution in [2.45, 2.75) is 81.4 Å². The van der Waals surface area contributed by atoms with Crippen molar-refractivity contribution in [3.63, 3.8) is 0 Å². The average Bonchev–Trinajstić information content (AvgIpc) is 3.31. The number of alkyl halides is 3. The highest BCUT2D eigenvalue weighted by molar-refractivity contribution is 7.07. The second-order valence-electron chi connectivity index (χ2n) is 10.1. The van der Waals surface area contributed by atoms with Gasteiger partial charge in [0.15, 0.2) is 0 Å². The van der Waals surface area contributed by atoms with E-state index < -0.39 is 58.0 Å². The van der Waals surface area contributed by atoms with E-state index in [0.29, 0.717) is 25.1 Å². The Morgan fingerprint density at radius 3 is 2.45 bits per heavy atom. The molecule has 2 heterocycles. The average molecular weight is 615 g/mol. The van der Waals surface area contributed by atoms with Gasteiger partial charge in [0.1, 0.15) is 30.3 Å². The lowest BCUT2D eigenvalue weighted by atomic mass is 10.0. The summed E-state index contributed by atoms with van der Waals surface area (Å²) in [6.45, 7) is 8.52. The Morgan fingerprint density at radius 1 is 1.21 bits per heavy atom. The van der Waals surface area contributed by atoms with Crippen molar-refractivity contribution in [2.75, 3.05) is 13.2 Å². The van der Waals surface area contributed by atoms with Gasteiger partial charge < -0.3 is 20.1 Å². The summed E-state index contributed by atoms with van der Waals surface area (Å²) in [6.07, 6.45) is 0.258. The molecule has 3 amide bonds. The first kappa shape index (κ1) is 32.4. The number of halogens is 3. The number of carbonyl (C=O) groups excluding carboxylic acids is 4. The number of esters is 1. The molecule has 214 valence electrons. The van der Waals surface area contributed by atoms with Crippen molar-refractivity contribution in [1.82, 2.24) is 26.1 Å². The van der Waals surface area contributed by atoms with E-state index in [0.717, 1.165) is 0 Å². The molecule has 0 spiro atoms. The fourth-order valence-electron chi connectivity index (χ4n) is 3.54. The zero-order chi connectivity index (χ0) is 28.7. The molecule has 1 aliphatic rings. The number of carbonyl (C=O) groups is 4. The fraction of sp³-hybridized carbons (Fsp3) is 0.696. The first-order chi connectivity index (χ1) is 17.6. The molecule has 3 N–H and O–H groups in total. The van der Waals surface area contributed by atoms with Crippen LogP contribution in [0.2, 0.25) is 0 Å². The largest absolute Gasteiger partial charge is 0.460 e. The quantitative estimate of drug-likeness (QED) is 0.285. The normalized spacial score (nSPS) is 17.9. The molecular formula is C23H34Cl3N5O6S. The van der Waals surface area contributed by atoms with Gasteiger partial charge in [0.25, 0.3) is 5.91 Å². The summed E-state index contributed by atoms with van der Waals surface area (Å²) in [6, 6.07) is -2.84. The molecule has 1 aliphatic heterocycles. The van der Waals surface area contributed by atoms with Crippen LogP contribution in [0.4, 0.5) is 4.79 Å². The number of aromatic nitrogens is 1. The number of nitrogens with one attached hydrogen (secondary N) is 3. The number of alkyl carbamates (subject to hydrolysis) is 1. The molecule has 15 heteroatoms. The van der Waals surface area contributed by atoms with E-state index in [1.807, 2.05) is 0 Å². The predicted molar refractivity (Wildman–Crippen MR) is 145 cm³/mol. The van der Waals surface area contributed by atoms with Crippen LogP contribution >= 0.6 is 46.1 Å². The smallest absolute Gasteiger partial charge is 0.408 e. The minimum absolute atomic E-state index is 0.103. The van der Waals surface area contributed by atoms with Crippen LogP contribution in [0.5, 0.6) is 0 Å². The molecule has 1 aromatic rings. The van der Waals surface area contributed by atoms with Crippen LogP contribution in [0.3, 0.4) is 0 Å². The van der Waals surface area contributed by atoms with Gasteiger partial charge in [-0.2, -0.15) is 0 Å². The first-order valence-electron chi connectivity index (χ1n) is 12.0. The van der Waals surface area contributed by atoms with Gasteiger partial charge in [0.2, 0.25) is 9.70 Å². The molecule has 3 atom stereocenters. The summed E-state index contributed by atoms with van der Waals surface area (Å²) in [5, 5.41) is 8.37. The zero-order valence-electron chi connectivity index (χ0n) is 21.9. The summed E-state index contributed by atoms with van der Waals surface area (Å²) < 4.78 is 8.57. The molecule has 38 heavy (non-hydrogen) atoms. The lowest BCUT2D eigenvalue weighted by Crippen LogP contribution is -2.62. The standard InChI is InChI=1S/C23H34Cl3N5O6S/c1-13(2)17(29-21(35)37-22(3,4)5)18(32)28-16(9-14-10-38-12-27-14)19(33)31-8-6-7-15(30-31)20(34)36-11-23(24,25)26/h10,12-13,15-17,30H,6-9,11H2,1-5H3,(H,28,32)(H,29,35)/t15-,16-,17?/m0/s1. The van der Waals surface area contributed by atoms with Crippen LogP contribution in [0, 0.1) is 5.92 Å². The summed E-state index contributed by atoms with van der Waals surface area (Å²) in [5.41, 5.74) is 4.33. The molecule has 11 nitrogen and oxygen atoms in total. The Hall–Kier alpha value is -1.86. The number of hydrazine groups is 1. The lowest BCUT2D eigenvalue weighted by Gasteiger charge is -2.35. The molecular weight excluding hydrogens is 581 g/mol. The van der Waals surface area contributed by atoms with Gasteiger partial charge in [-0.25, -0.2) is 15.2 Å². The number of nitrogens with zero attached hydrogens (tertiary/aromatic N) is 2. The molecule has 1 aromatic heterocycles. The van der Waals surface area contributed by atoms with Crippen molar-refractivity contribution < 1.29 is 28.7 Å². The highest BCUT2D eigenvalue weighted by Crippen LogP contribution is 2.26. The predicted octanol–water partition coefficient (Wildman–Crippen LogP) is 3.13. The monoisotopic (exact) mass is 613 g/mol. The van der Waals surface area contributed by atoms with Crippen molar-refractivity contribution in [3.05, 3.63) is 16.6 Å². The van der Waals surface area contributed by atoms with Gasteiger partial charge in [-0.15, -0.1) is 11.3 Å². The van der Waals surface area contributed by atoms with Crippen LogP contribution in [0.25, 0.3) is 0 Å². The van der Waals surface area contributed by atoms with Gasteiger partial charge in [0.05, 0.1) is 11.2 Å². The molecule has 0 radical (unpaired) electrons. The van der Waals surface area contributed by atoms with Crippen molar-refractivity contribution in [2.24, 2.45) is 5.92 Å². The van der Waals surface area contributed by atoms with Gasteiger partial charge >= 0.3 is 12.1 Å². The Kier molecular flexibility index (Phi) is 11.9. The van der Waals surface area contributed by atoms with Crippen LogP contribution in [-0.4, -0.2) is 74.5 Å². The minimum atomic E-state index is -1.76. The zero-order valence-corrected chi connectivity index (χ0v) is 25.0. The minimum Gasteiger partial charge on any atom is -0.460 e. The van der Waals surface area contributed by atoms with Gasteiger partial charge in [0, 0.05) is 18.3 Å². The SMILES string of the molecule is CC(C)C(NC(=O)OC(C)(C)C)C(=O)N[C@@H](Cc1cscn1)C(=O)N1CCC[C@@H](C(=O)OCC(Cl)(Cl)Cl)N1. The summed E-state index contributed by atoms with van der Waals surface area (Å²) >= 11 is 18.3. The van der Waals surface area contributed by atoms with E-state index in [2.05, 4.69) is 21.0 Å². The highest BCUT2D eigenvalue weighted by atomic mass is 35.6. The Balaban J connectivity index is 2.15. The van der Waals surface area contributed by atoms with E-state index >= 15 is 0 Å². The first-order valence-corrected chi connectivity index (χ1v) is 14.1. The maximum absolute atomic E-state index is 13.5. The third kappa shape index (κ3) is 11.1. The number of ether oxygens (including phenoxy) is 2. The molecule has 1 saturated heterocycles. The maximum atomic E-state index is 13.5. The second kappa shape index (κ2) is 14.0. The Labute approximate surface area is 241 Å². The number of hydrogen-bond acceptors (Lipinski definition) is 9. The van der Waals surface area contributed by atoms with E-state index in [4.69, 9.17) is 44.3 Å². The summed E-state index contributed by atoms with van der Waals surface area (Å²) in [5.74, 6) is -2.02. The molecule has 1 unspecified atom stereocenters. The third-order valence-corrected chi connectivity index (χ3v) is 6.21. The molecule has 2 rings (SSSR count). The van der Waals surface area contributed by atoms with Crippen molar-refractivity contribution in [1.29, 1.82) is 0 Å². The number of amides is 3. The number of rotatable bonds is 9. The highest BCUT2D eigenvalue weighted by Gasteiger charge is 2.36. The van der Waals surface area contributed by atoms with E-state index in [1.54, 1.807) is 45.5 Å². The molecule has 0 aliphatic carbocycles. The van der Waals surface area contributed by atoms with Crippen LogP contribution < -0.4 is 16.1 Å². The maximum Gasteiger partial charge on any atom is 0.408 e. The van der Waals surface area contributed by atoms with E-state index in [1.165, 1.54) is 16.3 Å². The topological polar surface area (TPSA) is 139 Å². The van der Waals surface area contributed by atoms with Crippen LogP contribution in [-0.2, 0) is 30.3 Å². The van der Waals surface area contributed by atoms with Gasteiger partial charge in [-0.1, -0.05) is 48.7 Å². The van der Waals surface area contributed by atoms with E-state index in [-0.39, 0.29) is 12.3 Å². The number of hydrogen-bond donors (Lipinski definition) is 3. The lowest BCUT2D eigenvalue weighted by molar-refractivity contribution is -0.153. The van der Waals surface area contributed by atoms with E-state index in [9.17, 15) is 19.2 Å². The second-order valence-corrected chi connectivity index (χ2v) is 13.4. The van der Waals surface area contributed by atoms with Crippen molar-refractivity contribution >= 4 is 70.0 Å². The van der Waals surface area contributed by atoms with Crippen LogP contribution in [0.1, 0.15) is 53.2 Å². The molecule has 0 bridgehead atoms. The van der Waals surface area contributed by atoms with Crippen LogP contribution in [0.15, 0.2) is 10.9 Å². The fourth-order valence-corrected chi connectivity index (χ4v) is 4.27. The molecule has 0 saturated carbocycles. The Morgan fingerprint density at radius 2 is 1.89 bits per heavy atom. The third-order valence-electron chi connectivity index (χ3n) is 5.25. The molecule has 0 aromatic carbocycles. The summed E-state index contributed by atoms with van der Waals surface area (Å²) in [7, 11) is 0. The molecule has 1 fully saturated rings. The summed E-state index contributed by atoms with van der Waals surface area (Å²) in [4.78, 5) is 55.8. The van der Waals surface area contributed by atoms with Crippen molar-refractivity contribution in [3.8, 4) is 0 Å².